The normalized spacial score (nSPS) is 23.2. The lowest BCUT2D eigenvalue weighted by atomic mass is 9.94. The number of nitrogens with two attached hydrogens (primary N) is 1. The van der Waals surface area contributed by atoms with E-state index in [2.05, 4.69) is 0 Å². The maximum absolute atomic E-state index is 12.8. The molecule has 1 saturated carbocycles. The molecule has 0 spiro atoms. The predicted octanol–water partition coefficient (Wildman–Crippen LogP) is 1.76. The van der Waals surface area contributed by atoms with Crippen LogP contribution in [0.4, 0.5) is 4.79 Å². The molecule has 2 aliphatic rings. The number of hydrogen-bond donors (Lipinski definition) is 1. The fraction of sp³-hybridized carbons (Fsp3) is 0.600. The lowest BCUT2D eigenvalue weighted by molar-refractivity contribution is -0.138. The molecule has 1 heterocycles. The average molecular weight is 358 g/mol. The summed E-state index contributed by atoms with van der Waals surface area (Å²) in [6.07, 6.45) is 3.12. The number of carbonyl (C=O) groups excluding carboxylic acids is 2. The summed E-state index contributed by atoms with van der Waals surface area (Å²) < 4.78 is 0. The molecule has 1 aliphatic carbocycles. The molecule has 1 aromatic carbocycles. The van der Waals surface area contributed by atoms with Gasteiger partial charge in [0, 0.05) is 45.7 Å². The van der Waals surface area contributed by atoms with Gasteiger partial charge in [0.15, 0.2) is 0 Å². The van der Waals surface area contributed by atoms with E-state index >= 15 is 0 Å². The molecule has 0 bridgehead atoms. The highest BCUT2D eigenvalue weighted by molar-refractivity contribution is 5.80. The van der Waals surface area contributed by atoms with E-state index in [1.54, 1.807) is 4.90 Å². The summed E-state index contributed by atoms with van der Waals surface area (Å²) in [6, 6.07) is 10.0. The molecule has 3 amide bonds. The quantitative estimate of drug-likeness (QED) is 0.892. The van der Waals surface area contributed by atoms with E-state index in [0.29, 0.717) is 45.2 Å². The highest BCUT2D eigenvalue weighted by Gasteiger charge is 2.36. The first kappa shape index (κ1) is 18.7. The largest absolute Gasteiger partial charge is 0.339 e. The van der Waals surface area contributed by atoms with Crippen molar-refractivity contribution >= 4 is 11.9 Å². The van der Waals surface area contributed by atoms with Crippen LogP contribution in [-0.2, 0) is 11.3 Å². The molecule has 0 unspecified atom stereocenters. The van der Waals surface area contributed by atoms with Crippen LogP contribution in [0.25, 0.3) is 0 Å². The Kier molecular flexibility index (Phi) is 6.14. The number of carbonyl (C=O) groups is 2. The zero-order chi connectivity index (χ0) is 18.5. The van der Waals surface area contributed by atoms with Crippen LogP contribution < -0.4 is 5.73 Å². The van der Waals surface area contributed by atoms with Gasteiger partial charge in [-0.1, -0.05) is 36.8 Å². The highest BCUT2D eigenvalue weighted by atomic mass is 16.2. The second-order valence-corrected chi connectivity index (χ2v) is 7.47. The van der Waals surface area contributed by atoms with Crippen molar-refractivity contribution in [2.75, 3.05) is 39.8 Å². The van der Waals surface area contributed by atoms with Crippen LogP contribution in [0, 0.1) is 11.8 Å². The maximum atomic E-state index is 12.8. The van der Waals surface area contributed by atoms with Crippen LogP contribution in [0.5, 0.6) is 0 Å². The van der Waals surface area contributed by atoms with Gasteiger partial charge in [-0.2, -0.15) is 0 Å². The van der Waals surface area contributed by atoms with Crippen molar-refractivity contribution in [3.63, 3.8) is 0 Å². The predicted molar refractivity (Wildman–Crippen MR) is 101 cm³/mol. The molecule has 2 N–H and O–H groups in total. The average Bonchev–Trinajstić information content (AvgIpc) is 3.16. The van der Waals surface area contributed by atoms with Crippen molar-refractivity contribution < 1.29 is 9.59 Å². The SMILES string of the molecule is CN(Cc1ccccc1)C(=O)N1CCN(C(=O)[C@@H]2CCC[C@@H]2CN)CC1. The van der Waals surface area contributed by atoms with E-state index in [1.165, 1.54) is 0 Å². The van der Waals surface area contributed by atoms with Gasteiger partial charge in [-0.25, -0.2) is 4.79 Å². The van der Waals surface area contributed by atoms with E-state index in [9.17, 15) is 9.59 Å². The second kappa shape index (κ2) is 8.54. The summed E-state index contributed by atoms with van der Waals surface area (Å²) in [5.74, 6) is 0.657. The Balaban J connectivity index is 1.50. The van der Waals surface area contributed by atoms with Gasteiger partial charge in [-0.05, 0) is 30.9 Å². The molecule has 6 heteroatoms. The highest BCUT2D eigenvalue weighted by Crippen LogP contribution is 2.32. The van der Waals surface area contributed by atoms with Crippen LogP contribution in [0.1, 0.15) is 24.8 Å². The fourth-order valence-electron chi connectivity index (χ4n) is 4.16. The van der Waals surface area contributed by atoms with Gasteiger partial charge in [-0.15, -0.1) is 0 Å². The van der Waals surface area contributed by atoms with Crippen LogP contribution in [0.3, 0.4) is 0 Å². The lowest BCUT2D eigenvalue weighted by Crippen LogP contribution is -2.54. The number of nitrogens with zero attached hydrogens (tertiary/aromatic N) is 3. The monoisotopic (exact) mass is 358 g/mol. The molecule has 26 heavy (non-hydrogen) atoms. The molecular formula is C20H30N4O2. The van der Waals surface area contributed by atoms with Crippen molar-refractivity contribution in [3.8, 4) is 0 Å². The Morgan fingerprint density at radius 2 is 1.73 bits per heavy atom. The van der Waals surface area contributed by atoms with Crippen LogP contribution in [-0.4, -0.2) is 66.4 Å². The summed E-state index contributed by atoms with van der Waals surface area (Å²) >= 11 is 0. The minimum atomic E-state index is 0.0293. The van der Waals surface area contributed by atoms with Gasteiger partial charge in [0.1, 0.15) is 0 Å². The number of rotatable bonds is 4. The number of benzene rings is 1. The summed E-state index contributed by atoms with van der Waals surface area (Å²) in [7, 11) is 1.83. The zero-order valence-electron chi connectivity index (χ0n) is 15.6. The maximum Gasteiger partial charge on any atom is 0.320 e. The lowest BCUT2D eigenvalue weighted by Gasteiger charge is -2.38. The van der Waals surface area contributed by atoms with Crippen molar-refractivity contribution in [3.05, 3.63) is 35.9 Å². The van der Waals surface area contributed by atoms with Crippen molar-refractivity contribution in [2.24, 2.45) is 17.6 Å². The Hall–Kier alpha value is -2.08. The van der Waals surface area contributed by atoms with Gasteiger partial charge >= 0.3 is 6.03 Å². The van der Waals surface area contributed by atoms with E-state index in [1.807, 2.05) is 47.2 Å². The van der Waals surface area contributed by atoms with Crippen molar-refractivity contribution in [1.82, 2.24) is 14.7 Å². The van der Waals surface area contributed by atoms with Crippen LogP contribution in [0.15, 0.2) is 30.3 Å². The molecule has 1 aromatic rings. The fourth-order valence-corrected chi connectivity index (χ4v) is 4.16. The molecule has 2 fully saturated rings. The van der Waals surface area contributed by atoms with Crippen LogP contribution in [0.2, 0.25) is 0 Å². The number of piperazine rings is 1. The first-order valence-electron chi connectivity index (χ1n) is 9.63. The summed E-state index contributed by atoms with van der Waals surface area (Å²) in [5, 5.41) is 0. The molecule has 6 nitrogen and oxygen atoms in total. The molecule has 3 rings (SSSR count). The minimum absolute atomic E-state index is 0.0293. The van der Waals surface area contributed by atoms with E-state index < -0.39 is 0 Å². The Morgan fingerprint density at radius 3 is 2.38 bits per heavy atom. The van der Waals surface area contributed by atoms with E-state index in [-0.39, 0.29) is 17.9 Å². The molecule has 0 aromatic heterocycles. The van der Waals surface area contributed by atoms with Crippen molar-refractivity contribution in [2.45, 2.75) is 25.8 Å². The van der Waals surface area contributed by atoms with Gasteiger partial charge in [0.25, 0.3) is 0 Å². The Labute approximate surface area is 155 Å². The Morgan fingerprint density at radius 1 is 1.08 bits per heavy atom. The number of urea groups is 1. The third-order valence-corrected chi connectivity index (χ3v) is 5.73. The smallest absolute Gasteiger partial charge is 0.320 e. The zero-order valence-corrected chi connectivity index (χ0v) is 15.6. The third-order valence-electron chi connectivity index (χ3n) is 5.73. The van der Waals surface area contributed by atoms with E-state index in [4.69, 9.17) is 5.73 Å². The topological polar surface area (TPSA) is 69.9 Å². The molecular weight excluding hydrogens is 328 g/mol. The number of hydrogen-bond acceptors (Lipinski definition) is 3. The molecule has 1 aliphatic heterocycles. The molecule has 2 atom stereocenters. The molecule has 0 radical (unpaired) electrons. The summed E-state index contributed by atoms with van der Waals surface area (Å²) in [4.78, 5) is 31.0. The Bertz CT molecular complexity index is 613. The summed E-state index contributed by atoms with van der Waals surface area (Å²) in [5.41, 5.74) is 6.94. The minimum Gasteiger partial charge on any atom is -0.339 e. The second-order valence-electron chi connectivity index (χ2n) is 7.47. The van der Waals surface area contributed by atoms with Crippen LogP contribution >= 0.6 is 0 Å². The van der Waals surface area contributed by atoms with E-state index in [0.717, 1.165) is 24.8 Å². The molecule has 1 saturated heterocycles. The van der Waals surface area contributed by atoms with Gasteiger partial charge in [0.2, 0.25) is 5.91 Å². The third kappa shape index (κ3) is 4.18. The van der Waals surface area contributed by atoms with Gasteiger partial charge < -0.3 is 20.4 Å². The van der Waals surface area contributed by atoms with Gasteiger partial charge in [0.05, 0.1) is 0 Å². The standard InChI is InChI=1S/C20H30N4O2/c1-22(15-16-6-3-2-4-7-16)20(26)24-12-10-23(11-13-24)19(25)18-9-5-8-17(18)14-21/h2-4,6-7,17-18H,5,8-15,21H2,1H3/t17-,18-/m1/s1. The summed E-state index contributed by atoms with van der Waals surface area (Å²) in [6.45, 7) is 3.64. The first-order valence-corrected chi connectivity index (χ1v) is 9.63. The van der Waals surface area contributed by atoms with Gasteiger partial charge in [-0.3, -0.25) is 4.79 Å². The molecule has 142 valence electrons. The van der Waals surface area contributed by atoms with Crippen molar-refractivity contribution in [1.29, 1.82) is 0 Å². The number of amides is 3. The first-order chi connectivity index (χ1) is 12.6.